The van der Waals surface area contributed by atoms with E-state index in [0.717, 1.165) is 44.0 Å². The van der Waals surface area contributed by atoms with Gasteiger partial charge in [-0.2, -0.15) is 0 Å². The number of nitrogens with one attached hydrogen (secondary N) is 3. The van der Waals surface area contributed by atoms with Gasteiger partial charge in [0.2, 0.25) is 10.0 Å². The average molecular weight is 544 g/mol. The van der Waals surface area contributed by atoms with E-state index >= 15 is 0 Å². The van der Waals surface area contributed by atoms with Crippen molar-refractivity contribution >= 4 is 44.3 Å². The fraction of sp³-hybridized carbons (Fsp3) is 0.300. The number of hydrogen-bond donors (Lipinski definition) is 3. The Labute approximate surface area is 229 Å². The minimum Gasteiger partial charge on any atom is -0.354 e. The molecular weight excluding hydrogens is 510 g/mol. The molecule has 0 radical (unpaired) electrons. The van der Waals surface area contributed by atoms with Gasteiger partial charge in [0.05, 0.1) is 16.5 Å². The van der Waals surface area contributed by atoms with Crippen LogP contribution in [0.15, 0.2) is 72.8 Å². The molecule has 8 nitrogen and oxygen atoms in total. The van der Waals surface area contributed by atoms with Crippen LogP contribution in [-0.2, 0) is 21.4 Å². The maximum Gasteiger partial charge on any atom is 0.258 e. The number of anilines is 3. The van der Waals surface area contributed by atoms with Gasteiger partial charge in [-0.15, -0.1) is 0 Å². The lowest BCUT2D eigenvalue weighted by Crippen LogP contribution is -2.43. The molecule has 1 amide bonds. The van der Waals surface area contributed by atoms with E-state index in [-0.39, 0.29) is 11.2 Å². The van der Waals surface area contributed by atoms with Crippen molar-refractivity contribution in [1.82, 2.24) is 9.80 Å². The lowest BCUT2D eigenvalue weighted by atomic mass is 9.99. The Kier molecular flexibility index (Phi) is 6.88. The first-order valence-electron chi connectivity index (χ1n) is 13.4. The van der Waals surface area contributed by atoms with Crippen molar-refractivity contribution in [2.75, 3.05) is 48.6 Å². The number of nitrogens with zero attached hydrogens (tertiary/aromatic N) is 2. The minimum absolute atomic E-state index is 0.231. The molecule has 3 N–H and O–H groups in total. The SMILES string of the molecule is CN1CCN(Cc2ccc(N/C(=C3\C(=O)Nc4ccc(NS(=O)(=O)C5CC5)cc43)c3ccccc3)cc2)CC1. The van der Waals surface area contributed by atoms with Crippen LogP contribution >= 0.6 is 0 Å². The summed E-state index contributed by atoms with van der Waals surface area (Å²) in [4.78, 5) is 18.1. The van der Waals surface area contributed by atoms with Crippen molar-refractivity contribution in [3.63, 3.8) is 0 Å². The van der Waals surface area contributed by atoms with Gasteiger partial charge in [0.15, 0.2) is 0 Å². The monoisotopic (exact) mass is 543 g/mol. The quantitative estimate of drug-likeness (QED) is 0.368. The van der Waals surface area contributed by atoms with Crippen LogP contribution in [0.3, 0.4) is 0 Å². The number of hydrogen-bond acceptors (Lipinski definition) is 6. The number of amides is 1. The van der Waals surface area contributed by atoms with Crippen LogP contribution in [0.25, 0.3) is 11.3 Å². The highest BCUT2D eigenvalue weighted by Gasteiger charge is 2.36. The second kappa shape index (κ2) is 10.5. The molecule has 0 unspecified atom stereocenters. The molecule has 0 bridgehead atoms. The summed E-state index contributed by atoms with van der Waals surface area (Å²) < 4.78 is 27.8. The number of carbonyl (C=O) groups excluding carboxylic acids is 1. The van der Waals surface area contributed by atoms with Crippen molar-refractivity contribution in [2.24, 2.45) is 0 Å². The first kappa shape index (κ1) is 25.6. The molecule has 0 aromatic heterocycles. The van der Waals surface area contributed by atoms with E-state index in [9.17, 15) is 13.2 Å². The molecular formula is C30H33N5O3S. The molecule has 3 aromatic carbocycles. The lowest BCUT2D eigenvalue weighted by molar-refractivity contribution is -0.110. The molecule has 202 valence electrons. The fourth-order valence-electron chi connectivity index (χ4n) is 5.09. The van der Waals surface area contributed by atoms with Crippen molar-refractivity contribution in [1.29, 1.82) is 0 Å². The molecule has 3 aliphatic rings. The summed E-state index contributed by atoms with van der Waals surface area (Å²) in [6.07, 6.45) is 1.36. The summed E-state index contributed by atoms with van der Waals surface area (Å²) in [5, 5.41) is 6.11. The zero-order valence-corrected chi connectivity index (χ0v) is 22.8. The average Bonchev–Trinajstić information content (AvgIpc) is 3.75. The maximum absolute atomic E-state index is 13.3. The first-order valence-corrected chi connectivity index (χ1v) is 14.9. The largest absolute Gasteiger partial charge is 0.354 e. The Hall–Kier alpha value is -3.66. The molecule has 6 rings (SSSR count). The maximum atomic E-state index is 13.3. The van der Waals surface area contributed by atoms with Crippen LogP contribution in [0.1, 0.15) is 29.5 Å². The molecule has 9 heteroatoms. The summed E-state index contributed by atoms with van der Waals surface area (Å²) in [6.45, 7) is 5.21. The molecule has 0 spiro atoms. The lowest BCUT2D eigenvalue weighted by Gasteiger charge is -2.32. The summed E-state index contributed by atoms with van der Waals surface area (Å²) >= 11 is 0. The molecule has 1 saturated heterocycles. The van der Waals surface area contributed by atoms with E-state index in [1.807, 2.05) is 42.5 Å². The Morgan fingerprint density at radius 2 is 1.62 bits per heavy atom. The van der Waals surface area contributed by atoms with Gasteiger partial charge < -0.3 is 15.5 Å². The van der Waals surface area contributed by atoms with Crippen molar-refractivity contribution < 1.29 is 13.2 Å². The van der Waals surface area contributed by atoms with Crippen molar-refractivity contribution in [3.8, 4) is 0 Å². The van der Waals surface area contributed by atoms with Gasteiger partial charge in [-0.1, -0.05) is 42.5 Å². The summed E-state index contributed by atoms with van der Waals surface area (Å²) in [7, 11) is -1.26. The van der Waals surface area contributed by atoms with Crippen LogP contribution in [0, 0.1) is 0 Å². The van der Waals surface area contributed by atoms with E-state index < -0.39 is 10.0 Å². The number of piperazine rings is 1. The predicted molar refractivity (Wildman–Crippen MR) is 157 cm³/mol. The van der Waals surface area contributed by atoms with Crippen LogP contribution in [0.2, 0.25) is 0 Å². The van der Waals surface area contributed by atoms with Gasteiger partial charge in [-0.3, -0.25) is 14.4 Å². The van der Waals surface area contributed by atoms with Crippen molar-refractivity contribution in [2.45, 2.75) is 24.6 Å². The van der Waals surface area contributed by atoms with E-state index in [1.54, 1.807) is 18.2 Å². The first-order chi connectivity index (χ1) is 18.9. The minimum atomic E-state index is -3.42. The van der Waals surface area contributed by atoms with Crippen LogP contribution in [0.5, 0.6) is 0 Å². The molecule has 39 heavy (non-hydrogen) atoms. The highest BCUT2D eigenvalue weighted by atomic mass is 32.2. The Balaban J connectivity index is 1.31. The predicted octanol–water partition coefficient (Wildman–Crippen LogP) is 4.27. The van der Waals surface area contributed by atoms with E-state index in [4.69, 9.17) is 0 Å². The summed E-state index contributed by atoms with van der Waals surface area (Å²) in [5.74, 6) is -0.231. The Morgan fingerprint density at radius 1 is 0.923 bits per heavy atom. The zero-order chi connectivity index (χ0) is 27.0. The third-order valence-corrected chi connectivity index (χ3v) is 9.39. The smallest absolute Gasteiger partial charge is 0.258 e. The van der Waals surface area contributed by atoms with E-state index in [2.05, 4.69) is 44.3 Å². The molecule has 2 aliphatic heterocycles. The number of sulfonamides is 1. The Bertz CT molecular complexity index is 1510. The van der Waals surface area contributed by atoms with Gasteiger partial charge in [-0.25, -0.2) is 8.42 Å². The summed E-state index contributed by atoms with van der Waals surface area (Å²) in [5.41, 5.74) is 5.89. The topological polar surface area (TPSA) is 93.8 Å². The Morgan fingerprint density at radius 3 is 2.31 bits per heavy atom. The highest BCUT2D eigenvalue weighted by molar-refractivity contribution is 7.93. The third-order valence-electron chi connectivity index (χ3n) is 7.53. The number of benzene rings is 3. The second-order valence-electron chi connectivity index (χ2n) is 10.6. The molecule has 2 fully saturated rings. The van der Waals surface area contributed by atoms with Crippen molar-refractivity contribution in [3.05, 3.63) is 89.5 Å². The fourth-order valence-corrected chi connectivity index (χ4v) is 6.47. The molecule has 0 atom stereocenters. The van der Waals surface area contributed by atoms with E-state index in [1.165, 1.54) is 5.56 Å². The number of rotatable bonds is 8. The van der Waals surface area contributed by atoms with Crippen LogP contribution in [-0.4, -0.2) is 62.6 Å². The highest BCUT2D eigenvalue weighted by Crippen LogP contribution is 2.39. The van der Waals surface area contributed by atoms with Crippen LogP contribution in [0.4, 0.5) is 17.1 Å². The molecule has 3 aromatic rings. The van der Waals surface area contributed by atoms with Gasteiger partial charge in [0, 0.05) is 55.3 Å². The number of likely N-dealkylation sites (N-methyl/N-ethyl adjacent to an activating group) is 1. The number of carbonyl (C=O) groups is 1. The molecule has 2 heterocycles. The standard InChI is InChI=1S/C30H33N5O3S/c1-34-15-17-35(18-16-34)20-21-7-9-23(10-8-21)31-29(22-5-3-2-4-6-22)28-26-19-24(11-14-27(26)32-30(28)36)33-39(37,38)25-12-13-25/h2-11,14,19,25,31,33H,12-13,15-18,20H2,1H3,(H,32,36)/b29-28-. The van der Waals surface area contributed by atoms with Gasteiger partial charge in [-0.05, 0) is 61.3 Å². The number of fused-ring (bicyclic) bond motifs is 1. The third kappa shape index (κ3) is 5.71. The van der Waals surface area contributed by atoms with Gasteiger partial charge in [0.25, 0.3) is 5.91 Å². The molecule has 1 aliphatic carbocycles. The van der Waals surface area contributed by atoms with Gasteiger partial charge in [0.1, 0.15) is 0 Å². The molecule has 1 saturated carbocycles. The second-order valence-corrected chi connectivity index (χ2v) is 12.5. The summed E-state index contributed by atoms with van der Waals surface area (Å²) in [6, 6.07) is 23.3. The normalized spacial score (nSPS) is 19.4. The van der Waals surface area contributed by atoms with Gasteiger partial charge >= 0.3 is 0 Å². The zero-order valence-electron chi connectivity index (χ0n) is 22.0. The van der Waals surface area contributed by atoms with E-state index in [0.29, 0.717) is 41.1 Å². The van der Waals surface area contributed by atoms with Crippen LogP contribution < -0.4 is 15.4 Å².